The third kappa shape index (κ3) is 3.19. The summed E-state index contributed by atoms with van der Waals surface area (Å²) >= 11 is 7.60. The lowest BCUT2D eigenvalue weighted by Crippen LogP contribution is -2.33. The highest BCUT2D eigenvalue weighted by atomic mass is 35.5. The maximum atomic E-state index is 13.1. The fourth-order valence-corrected chi connectivity index (χ4v) is 4.37. The van der Waals surface area contributed by atoms with Gasteiger partial charge < -0.3 is 4.98 Å². The Morgan fingerprint density at radius 3 is 2.57 bits per heavy atom. The Morgan fingerprint density at radius 1 is 1.11 bits per heavy atom. The number of halogens is 1. The Bertz CT molecular complexity index is 1310. The fraction of sp³-hybridized carbons (Fsp3) is 0.190. The van der Waals surface area contributed by atoms with Crippen molar-refractivity contribution in [2.75, 3.05) is 0 Å². The van der Waals surface area contributed by atoms with Gasteiger partial charge in [-0.1, -0.05) is 50.6 Å². The lowest BCUT2D eigenvalue weighted by molar-refractivity contribution is 0.586. The molecular formula is C21H18ClN3O2S. The Hall–Kier alpha value is -2.70. The zero-order valence-electron chi connectivity index (χ0n) is 15.6. The molecule has 1 aromatic carbocycles. The minimum Gasteiger partial charge on any atom is -0.306 e. The first-order valence-corrected chi connectivity index (χ1v) is 9.95. The van der Waals surface area contributed by atoms with Crippen molar-refractivity contribution in [3.63, 3.8) is 0 Å². The van der Waals surface area contributed by atoms with E-state index in [-0.39, 0.29) is 11.0 Å². The van der Waals surface area contributed by atoms with Gasteiger partial charge in [-0.3, -0.25) is 9.78 Å². The highest BCUT2D eigenvalue weighted by Gasteiger charge is 2.18. The van der Waals surface area contributed by atoms with E-state index in [4.69, 9.17) is 11.6 Å². The van der Waals surface area contributed by atoms with Gasteiger partial charge in [-0.2, -0.15) is 0 Å². The molecule has 0 amide bonds. The van der Waals surface area contributed by atoms with E-state index < -0.39 is 5.69 Å². The van der Waals surface area contributed by atoms with Crippen LogP contribution in [-0.4, -0.2) is 14.5 Å². The van der Waals surface area contributed by atoms with Gasteiger partial charge in [0.05, 0.1) is 17.4 Å². The molecule has 4 aromatic rings. The average Bonchev–Trinajstić information content (AvgIpc) is 3.05. The van der Waals surface area contributed by atoms with E-state index in [1.807, 2.05) is 24.3 Å². The molecule has 28 heavy (non-hydrogen) atoms. The van der Waals surface area contributed by atoms with Crippen LogP contribution in [0.4, 0.5) is 0 Å². The first-order valence-electron chi connectivity index (χ1n) is 8.75. The number of thiophene rings is 1. The predicted octanol–water partition coefficient (Wildman–Crippen LogP) is 4.75. The van der Waals surface area contributed by atoms with Gasteiger partial charge in [0.1, 0.15) is 4.70 Å². The Kier molecular flexibility index (Phi) is 4.48. The van der Waals surface area contributed by atoms with Gasteiger partial charge in [0.15, 0.2) is 0 Å². The highest BCUT2D eigenvalue weighted by Crippen LogP contribution is 2.34. The van der Waals surface area contributed by atoms with Crippen LogP contribution in [0.1, 0.15) is 26.3 Å². The zero-order chi connectivity index (χ0) is 20.1. The third-order valence-corrected chi connectivity index (χ3v) is 6.05. The third-order valence-electron chi connectivity index (χ3n) is 4.56. The average molecular weight is 412 g/mol. The van der Waals surface area contributed by atoms with Gasteiger partial charge in [-0.15, -0.1) is 11.3 Å². The number of aromatic nitrogens is 3. The van der Waals surface area contributed by atoms with Gasteiger partial charge >= 0.3 is 5.69 Å². The number of aromatic amines is 1. The molecule has 0 saturated heterocycles. The normalized spacial score (nSPS) is 11.9. The van der Waals surface area contributed by atoms with E-state index in [9.17, 15) is 9.59 Å². The van der Waals surface area contributed by atoms with Crippen molar-refractivity contribution in [3.8, 4) is 16.1 Å². The van der Waals surface area contributed by atoms with E-state index in [1.54, 1.807) is 18.3 Å². The first-order chi connectivity index (χ1) is 13.3. The van der Waals surface area contributed by atoms with Crippen LogP contribution in [0, 0.1) is 0 Å². The molecule has 0 atom stereocenters. The first kappa shape index (κ1) is 18.7. The summed E-state index contributed by atoms with van der Waals surface area (Å²) in [7, 11) is 0. The lowest BCUT2D eigenvalue weighted by Gasteiger charge is -2.19. The van der Waals surface area contributed by atoms with Gasteiger partial charge in [0.25, 0.3) is 5.56 Å². The molecule has 0 bridgehead atoms. The van der Waals surface area contributed by atoms with Gasteiger partial charge in [-0.25, -0.2) is 9.36 Å². The van der Waals surface area contributed by atoms with Crippen molar-refractivity contribution < 1.29 is 0 Å². The van der Waals surface area contributed by atoms with Crippen LogP contribution in [-0.2, 0) is 5.41 Å². The standard InChI is InChI=1S/C21H18ClN3O2S/c1-21(2,3)12-8-13(11-23-10-12)25-19(26)18-16(24-20(25)27)9-17(28-18)14-6-4-5-7-15(14)22/h4-11H,1-3H3,(H,24,27). The fourth-order valence-electron chi connectivity index (χ4n) is 3.00. The summed E-state index contributed by atoms with van der Waals surface area (Å²) in [5.41, 5.74) is 1.72. The second kappa shape index (κ2) is 6.72. The predicted molar refractivity (Wildman–Crippen MR) is 115 cm³/mol. The molecule has 4 rings (SSSR count). The Morgan fingerprint density at radius 2 is 1.86 bits per heavy atom. The van der Waals surface area contributed by atoms with E-state index in [2.05, 4.69) is 30.7 Å². The van der Waals surface area contributed by atoms with E-state index >= 15 is 0 Å². The number of benzene rings is 1. The van der Waals surface area contributed by atoms with E-state index in [0.29, 0.717) is 20.9 Å². The van der Waals surface area contributed by atoms with Crippen LogP contribution in [0.3, 0.4) is 0 Å². The molecule has 0 aliphatic carbocycles. The largest absolute Gasteiger partial charge is 0.333 e. The molecule has 0 fully saturated rings. The Balaban J connectivity index is 1.94. The molecule has 5 nitrogen and oxygen atoms in total. The molecular weight excluding hydrogens is 394 g/mol. The molecule has 7 heteroatoms. The molecule has 0 saturated carbocycles. The van der Waals surface area contributed by atoms with Crippen molar-refractivity contribution in [2.24, 2.45) is 0 Å². The van der Waals surface area contributed by atoms with Crippen molar-refractivity contribution in [1.29, 1.82) is 0 Å². The van der Waals surface area contributed by atoms with Crippen LogP contribution in [0.15, 0.2) is 58.4 Å². The zero-order valence-corrected chi connectivity index (χ0v) is 17.2. The topological polar surface area (TPSA) is 67.8 Å². The van der Waals surface area contributed by atoms with Crippen LogP contribution < -0.4 is 11.2 Å². The molecule has 0 unspecified atom stereocenters. The SMILES string of the molecule is CC(C)(C)c1cncc(-n2c(=O)[nH]c3cc(-c4ccccc4Cl)sc3c2=O)c1. The second-order valence-electron chi connectivity index (χ2n) is 7.59. The molecule has 0 spiro atoms. The summed E-state index contributed by atoms with van der Waals surface area (Å²) in [6, 6.07) is 11.0. The minimum atomic E-state index is -0.492. The summed E-state index contributed by atoms with van der Waals surface area (Å²) in [6.45, 7) is 6.16. The second-order valence-corrected chi connectivity index (χ2v) is 9.05. The number of hydrogen-bond donors (Lipinski definition) is 1. The van der Waals surface area contributed by atoms with Crippen LogP contribution >= 0.6 is 22.9 Å². The molecule has 142 valence electrons. The van der Waals surface area contributed by atoms with Crippen molar-refractivity contribution in [2.45, 2.75) is 26.2 Å². The number of hydrogen-bond acceptors (Lipinski definition) is 4. The van der Waals surface area contributed by atoms with Crippen molar-refractivity contribution >= 4 is 33.2 Å². The van der Waals surface area contributed by atoms with Gasteiger partial charge in [0, 0.05) is 21.7 Å². The molecule has 3 heterocycles. The number of H-pyrrole nitrogens is 1. The highest BCUT2D eigenvalue weighted by molar-refractivity contribution is 7.22. The van der Waals surface area contributed by atoms with E-state index in [0.717, 1.165) is 20.6 Å². The molecule has 3 aromatic heterocycles. The number of nitrogens with one attached hydrogen (secondary N) is 1. The molecule has 1 N–H and O–H groups in total. The summed E-state index contributed by atoms with van der Waals surface area (Å²) < 4.78 is 1.60. The minimum absolute atomic E-state index is 0.149. The quantitative estimate of drug-likeness (QED) is 0.517. The van der Waals surface area contributed by atoms with Crippen LogP contribution in [0.25, 0.3) is 26.3 Å². The van der Waals surface area contributed by atoms with Crippen molar-refractivity contribution in [1.82, 2.24) is 14.5 Å². The summed E-state index contributed by atoms with van der Waals surface area (Å²) in [4.78, 5) is 33.7. The number of fused-ring (bicyclic) bond motifs is 1. The molecule has 0 radical (unpaired) electrons. The summed E-state index contributed by atoms with van der Waals surface area (Å²) in [5, 5.41) is 0.596. The van der Waals surface area contributed by atoms with Crippen LogP contribution in [0.2, 0.25) is 5.02 Å². The number of rotatable bonds is 2. The summed E-state index contributed by atoms with van der Waals surface area (Å²) in [6.07, 6.45) is 3.28. The van der Waals surface area contributed by atoms with Crippen molar-refractivity contribution in [3.05, 3.63) is 80.2 Å². The number of pyridine rings is 1. The van der Waals surface area contributed by atoms with Gasteiger partial charge in [-0.05, 0) is 29.2 Å². The molecule has 0 aliphatic heterocycles. The maximum absolute atomic E-state index is 13.1. The summed E-state index contributed by atoms with van der Waals surface area (Å²) in [5.74, 6) is 0. The smallest absolute Gasteiger partial charge is 0.306 e. The van der Waals surface area contributed by atoms with Gasteiger partial charge in [0.2, 0.25) is 0 Å². The van der Waals surface area contributed by atoms with Crippen LogP contribution in [0.5, 0.6) is 0 Å². The number of nitrogens with zero attached hydrogens (tertiary/aromatic N) is 2. The maximum Gasteiger partial charge on any atom is 0.333 e. The van der Waals surface area contributed by atoms with E-state index in [1.165, 1.54) is 17.5 Å². The Labute approximate surface area is 170 Å². The lowest BCUT2D eigenvalue weighted by atomic mass is 9.88. The molecule has 0 aliphatic rings. The monoisotopic (exact) mass is 411 g/mol.